The van der Waals surface area contributed by atoms with Crippen LogP contribution in [0.3, 0.4) is 0 Å². The van der Waals surface area contributed by atoms with Crippen molar-refractivity contribution in [1.82, 2.24) is 15.0 Å². The molecule has 0 saturated heterocycles. The molecule has 1 fully saturated rings. The van der Waals surface area contributed by atoms with Crippen LogP contribution in [0.25, 0.3) is 0 Å². The second-order valence-corrected chi connectivity index (χ2v) is 9.69. The van der Waals surface area contributed by atoms with Gasteiger partial charge in [0.2, 0.25) is 10.0 Å². The number of pyridine rings is 1. The van der Waals surface area contributed by atoms with Crippen LogP contribution in [0.15, 0.2) is 59.8 Å². The Labute approximate surface area is 179 Å². The van der Waals surface area contributed by atoms with Crippen LogP contribution in [0.5, 0.6) is 0 Å². The number of hydrogen-bond donors (Lipinski definition) is 2. The summed E-state index contributed by atoms with van der Waals surface area (Å²) in [5, 5.41) is 3.38. The number of sulfonamides is 1. The minimum absolute atomic E-state index is 0.255. The normalized spacial score (nSPS) is 22.2. The summed E-state index contributed by atoms with van der Waals surface area (Å²) in [6.45, 7) is 3.21. The fourth-order valence-electron chi connectivity index (χ4n) is 4.44. The van der Waals surface area contributed by atoms with Crippen LogP contribution in [-0.2, 0) is 15.4 Å². The van der Waals surface area contributed by atoms with Crippen LogP contribution in [0.1, 0.15) is 44.6 Å². The fraction of sp³-hybridized carbons (Fsp3) is 0.455. The Balaban J connectivity index is 1.81. The molecule has 1 heterocycles. The molecule has 156 valence electrons. The molecule has 29 heavy (non-hydrogen) atoms. The molecule has 1 aromatic carbocycles. The lowest BCUT2D eigenvalue weighted by molar-refractivity contribution is 0.238. The average molecular weight is 432 g/mol. The Morgan fingerprint density at radius 3 is 2.69 bits per heavy atom. The van der Waals surface area contributed by atoms with E-state index in [2.05, 4.69) is 28.0 Å². The van der Waals surface area contributed by atoms with Crippen LogP contribution in [0.4, 0.5) is 0 Å². The van der Waals surface area contributed by atoms with Gasteiger partial charge in [-0.25, -0.2) is 13.1 Å². The smallest absolute Gasteiger partial charge is 0.240 e. The molecule has 7 heteroatoms. The van der Waals surface area contributed by atoms with Gasteiger partial charge in [0, 0.05) is 30.9 Å². The largest absolute Gasteiger partial charge is 0.379 e. The number of thiocarbonyl (C=S) groups is 1. The number of rotatable bonds is 8. The predicted molar refractivity (Wildman–Crippen MR) is 120 cm³/mol. The van der Waals surface area contributed by atoms with E-state index in [1.54, 1.807) is 30.5 Å². The van der Waals surface area contributed by atoms with Crippen molar-refractivity contribution in [3.63, 3.8) is 0 Å². The number of nitrogens with zero attached hydrogens (tertiary/aromatic N) is 1. The third-order valence-corrected chi connectivity index (χ3v) is 7.81. The standard InChI is InChI=1S/C22H29N3O2S2/c1-2-24-21(28)22(19-10-8-15-23-17-19)14-7-6-9-18(22)13-16-25-29(26,27)20-11-4-3-5-12-20/h3-5,8,10-12,15,17-18,25H,2,6-7,9,13-14,16H2,1H3,(H,24,28). The molecule has 2 N–H and O–H groups in total. The van der Waals surface area contributed by atoms with Crippen LogP contribution in [0.2, 0.25) is 0 Å². The topological polar surface area (TPSA) is 71.1 Å². The Kier molecular flexibility index (Phi) is 7.38. The maximum absolute atomic E-state index is 12.6. The van der Waals surface area contributed by atoms with E-state index in [0.29, 0.717) is 11.4 Å². The zero-order chi connectivity index (χ0) is 20.7. The first-order valence-electron chi connectivity index (χ1n) is 10.2. The monoisotopic (exact) mass is 431 g/mol. The molecular weight excluding hydrogens is 402 g/mol. The SMILES string of the molecule is CCNC(=S)C1(c2cccnc2)CCCCC1CCNS(=O)(=O)c1ccccc1. The second-order valence-electron chi connectivity index (χ2n) is 7.51. The average Bonchev–Trinajstić information content (AvgIpc) is 2.75. The Morgan fingerprint density at radius 2 is 2.00 bits per heavy atom. The molecule has 0 radical (unpaired) electrons. The molecule has 0 spiro atoms. The van der Waals surface area contributed by atoms with Gasteiger partial charge in [0.1, 0.15) is 0 Å². The van der Waals surface area contributed by atoms with Crippen LogP contribution in [0, 0.1) is 5.92 Å². The van der Waals surface area contributed by atoms with Crippen molar-refractivity contribution < 1.29 is 8.42 Å². The van der Waals surface area contributed by atoms with Crippen molar-refractivity contribution in [2.24, 2.45) is 5.92 Å². The summed E-state index contributed by atoms with van der Waals surface area (Å²) < 4.78 is 27.9. The van der Waals surface area contributed by atoms with Gasteiger partial charge >= 0.3 is 0 Å². The summed E-state index contributed by atoms with van der Waals surface area (Å²) in [7, 11) is -3.50. The van der Waals surface area contributed by atoms with Crippen molar-refractivity contribution in [2.45, 2.75) is 49.3 Å². The Bertz CT molecular complexity index is 904. The third kappa shape index (κ3) is 4.85. The number of likely N-dealkylation sites (N-methyl/N-ethyl adjacent to an activating group) is 1. The molecule has 3 rings (SSSR count). The molecule has 2 atom stereocenters. The highest BCUT2D eigenvalue weighted by Crippen LogP contribution is 2.46. The van der Waals surface area contributed by atoms with Gasteiger partial charge in [0.15, 0.2) is 0 Å². The van der Waals surface area contributed by atoms with Crippen molar-refractivity contribution in [3.05, 3.63) is 60.4 Å². The quantitative estimate of drug-likeness (QED) is 0.622. The van der Waals surface area contributed by atoms with E-state index in [4.69, 9.17) is 12.2 Å². The van der Waals surface area contributed by atoms with Crippen LogP contribution < -0.4 is 10.0 Å². The number of aromatic nitrogens is 1. The van der Waals surface area contributed by atoms with Gasteiger partial charge in [-0.15, -0.1) is 0 Å². The lowest BCUT2D eigenvalue weighted by Gasteiger charge is -2.45. The Hall–Kier alpha value is -1.83. The van der Waals surface area contributed by atoms with Gasteiger partial charge in [-0.3, -0.25) is 4.98 Å². The fourth-order valence-corrected chi connectivity index (χ4v) is 6.04. The van der Waals surface area contributed by atoms with Crippen molar-refractivity contribution in [2.75, 3.05) is 13.1 Å². The summed E-state index contributed by atoms with van der Waals surface area (Å²) in [5.74, 6) is 0.255. The summed E-state index contributed by atoms with van der Waals surface area (Å²) in [6, 6.07) is 12.6. The highest BCUT2D eigenvalue weighted by atomic mass is 32.2. The summed E-state index contributed by atoms with van der Waals surface area (Å²) >= 11 is 5.87. The van der Waals surface area contributed by atoms with E-state index in [0.717, 1.165) is 49.2 Å². The molecule has 1 saturated carbocycles. The van der Waals surface area contributed by atoms with E-state index in [1.165, 1.54) is 0 Å². The maximum atomic E-state index is 12.6. The van der Waals surface area contributed by atoms with E-state index in [9.17, 15) is 8.42 Å². The van der Waals surface area contributed by atoms with Gasteiger partial charge < -0.3 is 5.32 Å². The second kappa shape index (κ2) is 9.78. The third-order valence-electron chi connectivity index (χ3n) is 5.83. The molecule has 1 aliphatic carbocycles. The van der Waals surface area contributed by atoms with Gasteiger partial charge in [-0.2, -0.15) is 0 Å². The van der Waals surface area contributed by atoms with Crippen molar-refractivity contribution in [3.8, 4) is 0 Å². The lowest BCUT2D eigenvalue weighted by atomic mass is 9.61. The molecule has 5 nitrogen and oxygen atoms in total. The molecule has 1 aromatic heterocycles. The molecule has 0 amide bonds. The summed E-state index contributed by atoms with van der Waals surface area (Å²) in [5.41, 5.74) is 0.831. The van der Waals surface area contributed by atoms with E-state index < -0.39 is 10.0 Å². The first-order chi connectivity index (χ1) is 14.0. The van der Waals surface area contributed by atoms with E-state index >= 15 is 0 Å². The van der Waals surface area contributed by atoms with Gasteiger partial charge in [-0.05, 0) is 55.9 Å². The van der Waals surface area contributed by atoms with Gasteiger partial charge in [0.25, 0.3) is 0 Å². The highest BCUT2D eigenvalue weighted by molar-refractivity contribution is 7.89. The zero-order valence-corrected chi connectivity index (χ0v) is 18.4. The molecule has 2 aromatic rings. The number of hydrogen-bond acceptors (Lipinski definition) is 4. The molecule has 0 aliphatic heterocycles. The first-order valence-corrected chi connectivity index (χ1v) is 12.1. The highest BCUT2D eigenvalue weighted by Gasteiger charge is 2.45. The minimum Gasteiger partial charge on any atom is -0.379 e. The van der Waals surface area contributed by atoms with Crippen molar-refractivity contribution in [1.29, 1.82) is 0 Å². The van der Waals surface area contributed by atoms with Crippen LogP contribution in [-0.4, -0.2) is 31.5 Å². The number of benzene rings is 1. The molecule has 1 aliphatic rings. The lowest BCUT2D eigenvalue weighted by Crippen LogP contribution is -2.51. The first kappa shape index (κ1) is 21.9. The predicted octanol–water partition coefficient (Wildman–Crippen LogP) is 3.82. The minimum atomic E-state index is -3.50. The van der Waals surface area contributed by atoms with Crippen LogP contribution >= 0.6 is 12.2 Å². The molecule has 0 bridgehead atoms. The van der Waals surface area contributed by atoms with E-state index in [1.807, 2.05) is 18.3 Å². The van der Waals surface area contributed by atoms with Gasteiger partial charge in [-0.1, -0.05) is 49.3 Å². The maximum Gasteiger partial charge on any atom is 0.240 e. The molecule has 2 unspecified atom stereocenters. The van der Waals surface area contributed by atoms with E-state index in [-0.39, 0.29) is 11.3 Å². The van der Waals surface area contributed by atoms with Crippen molar-refractivity contribution >= 4 is 27.2 Å². The Morgan fingerprint density at radius 1 is 1.21 bits per heavy atom. The number of nitrogens with one attached hydrogen (secondary N) is 2. The molecular formula is C22H29N3O2S2. The van der Waals surface area contributed by atoms with Gasteiger partial charge in [0.05, 0.1) is 9.88 Å². The zero-order valence-electron chi connectivity index (χ0n) is 16.8. The summed E-state index contributed by atoms with van der Waals surface area (Å²) in [4.78, 5) is 5.49. The summed E-state index contributed by atoms with van der Waals surface area (Å²) in [6.07, 6.45) is 8.63.